The Balaban J connectivity index is 1.43. The lowest BCUT2D eigenvalue weighted by atomic mass is 10.2. The molecular formula is C16H19N5O2. The summed E-state index contributed by atoms with van der Waals surface area (Å²) in [6.07, 6.45) is 3.35. The average molecular weight is 313 g/mol. The lowest BCUT2D eigenvalue weighted by Gasteiger charge is -2.32. The van der Waals surface area contributed by atoms with Gasteiger partial charge in [-0.15, -0.1) is 0 Å². The van der Waals surface area contributed by atoms with Crippen LogP contribution in [0.2, 0.25) is 0 Å². The van der Waals surface area contributed by atoms with Crippen molar-refractivity contribution in [2.75, 3.05) is 32.8 Å². The molecule has 0 saturated carbocycles. The fourth-order valence-electron chi connectivity index (χ4n) is 2.58. The molecular weight excluding hydrogens is 294 g/mol. The highest BCUT2D eigenvalue weighted by atomic mass is 16.5. The quantitative estimate of drug-likeness (QED) is 0.789. The van der Waals surface area contributed by atoms with Gasteiger partial charge in [0.2, 0.25) is 0 Å². The summed E-state index contributed by atoms with van der Waals surface area (Å²) in [6, 6.07) is 9.34. The van der Waals surface area contributed by atoms with E-state index < -0.39 is 0 Å². The summed E-state index contributed by atoms with van der Waals surface area (Å²) in [7, 11) is 0. The van der Waals surface area contributed by atoms with Crippen LogP contribution in [0.4, 0.5) is 0 Å². The van der Waals surface area contributed by atoms with Crippen LogP contribution in [0, 0.1) is 11.3 Å². The van der Waals surface area contributed by atoms with Gasteiger partial charge in [-0.3, -0.25) is 9.58 Å². The van der Waals surface area contributed by atoms with Crippen LogP contribution in [-0.2, 0) is 11.3 Å². The van der Waals surface area contributed by atoms with E-state index in [0.29, 0.717) is 25.3 Å². The summed E-state index contributed by atoms with van der Waals surface area (Å²) in [5, 5.41) is 13.0. The molecule has 3 rings (SSSR count). The third-order valence-electron chi connectivity index (χ3n) is 3.72. The van der Waals surface area contributed by atoms with Gasteiger partial charge in [-0.1, -0.05) is 6.07 Å². The minimum atomic E-state index is 0.118. The van der Waals surface area contributed by atoms with Gasteiger partial charge < -0.3 is 9.47 Å². The molecule has 1 aliphatic rings. The molecule has 1 aromatic carbocycles. The first-order valence-corrected chi connectivity index (χ1v) is 7.63. The highest BCUT2D eigenvalue weighted by Crippen LogP contribution is 2.13. The Bertz CT molecular complexity index is 653. The standard InChI is InChI=1S/C16H19N5O2/c17-9-14-2-1-3-15(8-14)22-6-4-20-5-7-23-16(10-20)11-21-13-18-12-19-21/h1-3,8,12-13,16H,4-7,10-11H2/t16-/m0/s1. The topological polar surface area (TPSA) is 76.2 Å². The summed E-state index contributed by atoms with van der Waals surface area (Å²) in [5.74, 6) is 0.733. The van der Waals surface area contributed by atoms with Gasteiger partial charge >= 0.3 is 0 Å². The number of hydrogen-bond donors (Lipinski definition) is 0. The molecule has 1 aliphatic heterocycles. The van der Waals surface area contributed by atoms with Crippen molar-refractivity contribution in [2.45, 2.75) is 12.6 Å². The van der Waals surface area contributed by atoms with E-state index in [1.54, 1.807) is 23.1 Å². The molecule has 1 atom stereocenters. The maximum atomic E-state index is 8.89. The molecule has 120 valence electrons. The van der Waals surface area contributed by atoms with Crippen LogP contribution in [0.5, 0.6) is 5.75 Å². The molecule has 7 nitrogen and oxygen atoms in total. The van der Waals surface area contributed by atoms with Gasteiger partial charge in [-0.25, -0.2) is 4.98 Å². The van der Waals surface area contributed by atoms with Crippen molar-refractivity contribution >= 4 is 0 Å². The molecule has 0 aliphatic carbocycles. The Hall–Kier alpha value is -2.43. The van der Waals surface area contributed by atoms with Crippen LogP contribution in [0.1, 0.15) is 5.56 Å². The summed E-state index contributed by atoms with van der Waals surface area (Å²) in [5.41, 5.74) is 0.613. The number of ether oxygens (including phenoxy) is 2. The molecule has 0 radical (unpaired) electrons. The number of rotatable bonds is 6. The van der Waals surface area contributed by atoms with Crippen LogP contribution >= 0.6 is 0 Å². The van der Waals surface area contributed by atoms with E-state index in [4.69, 9.17) is 14.7 Å². The van der Waals surface area contributed by atoms with Gasteiger partial charge in [0.15, 0.2) is 0 Å². The second-order valence-electron chi connectivity index (χ2n) is 5.40. The van der Waals surface area contributed by atoms with E-state index >= 15 is 0 Å². The highest BCUT2D eigenvalue weighted by Gasteiger charge is 2.20. The van der Waals surface area contributed by atoms with Crippen molar-refractivity contribution in [1.82, 2.24) is 19.7 Å². The monoisotopic (exact) mass is 313 g/mol. The van der Waals surface area contributed by atoms with Crippen LogP contribution in [-0.4, -0.2) is 58.6 Å². The predicted molar refractivity (Wildman–Crippen MR) is 82.9 cm³/mol. The molecule has 0 bridgehead atoms. The predicted octanol–water partition coefficient (Wildman–Crippen LogP) is 0.930. The minimum Gasteiger partial charge on any atom is -0.492 e. The highest BCUT2D eigenvalue weighted by molar-refractivity contribution is 5.36. The Kier molecular flexibility index (Phi) is 5.19. The maximum Gasteiger partial charge on any atom is 0.137 e. The van der Waals surface area contributed by atoms with E-state index in [9.17, 15) is 0 Å². The molecule has 0 unspecified atom stereocenters. The van der Waals surface area contributed by atoms with Gasteiger partial charge in [-0.2, -0.15) is 10.4 Å². The zero-order chi connectivity index (χ0) is 15.9. The number of morpholine rings is 1. The Morgan fingerprint density at radius 1 is 1.43 bits per heavy atom. The molecule has 0 N–H and O–H groups in total. The first kappa shape index (κ1) is 15.5. The maximum absolute atomic E-state index is 8.89. The SMILES string of the molecule is N#Cc1cccc(OCCN2CCO[C@H](Cn3cncn3)C2)c1. The summed E-state index contributed by atoms with van der Waals surface area (Å²) >= 11 is 0. The lowest BCUT2D eigenvalue weighted by Crippen LogP contribution is -2.45. The van der Waals surface area contributed by atoms with Gasteiger partial charge in [0.25, 0.3) is 0 Å². The van der Waals surface area contributed by atoms with Crippen LogP contribution in [0.15, 0.2) is 36.9 Å². The summed E-state index contributed by atoms with van der Waals surface area (Å²) < 4.78 is 13.3. The third-order valence-corrected chi connectivity index (χ3v) is 3.72. The molecule has 1 fully saturated rings. The van der Waals surface area contributed by atoms with E-state index in [1.807, 2.05) is 12.1 Å². The smallest absolute Gasteiger partial charge is 0.137 e. The van der Waals surface area contributed by atoms with Crippen LogP contribution in [0.25, 0.3) is 0 Å². The Morgan fingerprint density at radius 3 is 3.22 bits per heavy atom. The number of nitrogens with zero attached hydrogens (tertiary/aromatic N) is 5. The van der Waals surface area contributed by atoms with Crippen molar-refractivity contribution in [3.8, 4) is 11.8 Å². The lowest BCUT2D eigenvalue weighted by molar-refractivity contribution is -0.0401. The van der Waals surface area contributed by atoms with Gasteiger partial charge in [0.05, 0.1) is 30.9 Å². The molecule has 0 amide bonds. The average Bonchev–Trinajstić information content (AvgIpc) is 3.08. The van der Waals surface area contributed by atoms with Crippen molar-refractivity contribution in [3.05, 3.63) is 42.5 Å². The summed E-state index contributed by atoms with van der Waals surface area (Å²) in [6.45, 7) is 4.58. The van der Waals surface area contributed by atoms with Gasteiger partial charge in [0.1, 0.15) is 25.0 Å². The van der Waals surface area contributed by atoms with Crippen LogP contribution < -0.4 is 4.74 Å². The fraction of sp³-hybridized carbons (Fsp3) is 0.438. The van der Waals surface area contributed by atoms with Crippen molar-refractivity contribution in [1.29, 1.82) is 5.26 Å². The first-order chi connectivity index (χ1) is 11.3. The number of benzene rings is 1. The number of nitriles is 1. The van der Waals surface area contributed by atoms with Crippen molar-refractivity contribution < 1.29 is 9.47 Å². The second kappa shape index (κ2) is 7.72. The molecule has 2 heterocycles. The molecule has 7 heteroatoms. The zero-order valence-corrected chi connectivity index (χ0v) is 12.8. The van der Waals surface area contributed by atoms with Gasteiger partial charge in [-0.05, 0) is 18.2 Å². The van der Waals surface area contributed by atoms with E-state index in [0.717, 1.165) is 25.4 Å². The zero-order valence-electron chi connectivity index (χ0n) is 12.8. The van der Waals surface area contributed by atoms with Crippen LogP contribution in [0.3, 0.4) is 0 Å². The molecule has 1 saturated heterocycles. The fourth-order valence-corrected chi connectivity index (χ4v) is 2.58. The Labute approximate surface area is 135 Å². The third kappa shape index (κ3) is 4.52. The molecule has 1 aromatic heterocycles. The number of aromatic nitrogens is 3. The largest absolute Gasteiger partial charge is 0.492 e. The molecule has 2 aromatic rings. The molecule has 0 spiro atoms. The molecule has 23 heavy (non-hydrogen) atoms. The Morgan fingerprint density at radius 2 is 2.39 bits per heavy atom. The van der Waals surface area contributed by atoms with E-state index in [2.05, 4.69) is 21.1 Å². The van der Waals surface area contributed by atoms with E-state index in [1.165, 1.54) is 6.33 Å². The summed E-state index contributed by atoms with van der Waals surface area (Å²) in [4.78, 5) is 6.26. The van der Waals surface area contributed by atoms with Crippen molar-refractivity contribution in [2.24, 2.45) is 0 Å². The van der Waals surface area contributed by atoms with Crippen molar-refractivity contribution in [3.63, 3.8) is 0 Å². The van der Waals surface area contributed by atoms with Gasteiger partial charge in [0, 0.05) is 19.6 Å². The van der Waals surface area contributed by atoms with E-state index in [-0.39, 0.29) is 6.10 Å². The normalized spacial score (nSPS) is 18.5. The minimum absolute atomic E-state index is 0.118. The number of hydrogen-bond acceptors (Lipinski definition) is 6. The first-order valence-electron chi connectivity index (χ1n) is 7.63. The second-order valence-corrected chi connectivity index (χ2v) is 5.40.